The van der Waals surface area contributed by atoms with Crippen LogP contribution in [0.4, 0.5) is 8.78 Å². The van der Waals surface area contributed by atoms with Crippen LogP contribution in [0, 0.1) is 11.6 Å². The molecule has 2 aromatic rings. The molecule has 1 unspecified atom stereocenters. The second-order valence-corrected chi connectivity index (χ2v) is 5.85. The van der Waals surface area contributed by atoms with Gasteiger partial charge in [0, 0.05) is 29.2 Å². The monoisotopic (exact) mass is 307 g/mol. The van der Waals surface area contributed by atoms with E-state index in [1.165, 1.54) is 17.7 Å². The van der Waals surface area contributed by atoms with E-state index in [9.17, 15) is 8.78 Å². The summed E-state index contributed by atoms with van der Waals surface area (Å²) in [6, 6.07) is 11.9. The molecule has 0 aromatic heterocycles. The normalized spacial score (nSPS) is 19.1. The molecule has 0 amide bonds. The molecule has 0 N–H and O–H groups in total. The lowest BCUT2D eigenvalue weighted by Gasteiger charge is -2.25. The van der Waals surface area contributed by atoms with Gasteiger partial charge in [-0.15, -0.1) is 0 Å². The Kier molecular flexibility index (Phi) is 4.22. The number of nitrogens with zero attached hydrogens (tertiary/aromatic N) is 1. The Morgan fingerprint density at radius 2 is 1.86 bits per heavy atom. The Morgan fingerprint density at radius 3 is 2.57 bits per heavy atom. The maximum absolute atomic E-state index is 13.8. The van der Waals surface area contributed by atoms with Gasteiger partial charge < -0.3 is 0 Å². The summed E-state index contributed by atoms with van der Waals surface area (Å²) < 4.78 is 26.8. The third-order valence-corrected chi connectivity index (χ3v) is 4.26. The molecule has 3 rings (SSSR count). The molecular formula is C17H16ClF2N. The molecule has 0 spiro atoms. The highest BCUT2D eigenvalue weighted by molar-refractivity contribution is 6.30. The second kappa shape index (κ2) is 6.12. The van der Waals surface area contributed by atoms with Gasteiger partial charge in [0.05, 0.1) is 0 Å². The fraction of sp³-hybridized carbons (Fsp3) is 0.294. The van der Waals surface area contributed by atoms with Gasteiger partial charge in [-0.2, -0.15) is 0 Å². The van der Waals surface area contributed by atoms with Crippen LogP contribution in [-0.2, 0) is 6.54 Å². The Bertz CT molecular complexity index is 627. The summed E-state index contributed by atoms with van der Waals surface area (Å²) in [6.07, 6.45) is 2.13. The lowest BCUT2D eigenvalue weighted by molar-refractivity contribution is 0.245. The average molecular weight is 308 g/mol. The Morgan fingerprint density at radius 1 is 1.10 bits per heavy atom. The summed E-state index contributed by atoms with van der Waals surface area (Å²) >= 11 is 5.92. The standard InChI is InChI=1S/C17H16ClF2N/c18-14-6-3-12(4-7-14)17-2-1-9-21(17)11-13-5-8-15(19)10-16(13)20/h3-8,10,17H,1-2,9,11H2. The van der Waals surface area contributed by atoms with Crippen molar-refractivity contribution in [2.75, 3.05) is 6.54 Å². The minimum atomic E-state index is -0.535. The first-order valence-electron chi connectivity index (χ1n) is 7.07. The van der Waals surface area contributed by atoms with Gasteiger partial charge in [-0.25, -0.2) is 8.78 Å². The van der Waals surface area contributed by atoms with E-state index in [1.54, 1.807) is 0 Å². The van der Waals surface area contributed by atoms with Crippen molar-refractivity contribution in [1.29, 1.82) is 0 Å². The lowest BCUT2D eigenvalue weighted by atomic mass is 10.0. The molecule has 1 heterocycles. The van der Waals surface area contributed by atoms with Crippen LogP contribution in [0.5, 0.6) is 0 Å². The molecule has 1 atom stereocenters. The van der Waals surface area contributed by atoms with Crippen LogP contribution >= 0.6 is 11.6 Å². The van der Waals surface area contributed by atoms with Crippen LogP contribution in [0.3, 0.4) is 0 Å². The van der Waals surface area contributed by atoms with Crippen molar-refractivity contribution in [2.45, 2.75) is 25.4 Å². The number of halogens is 3. The highest BCUT2D eigenvalue weighted by atomic mass is 35.5. The van der Waals surface area contributed by atoms with Crippen molar-refractivity contribution in [3.8, 4) is 0 Å². The molecule has 21 heavy (non-hydrogen) atoms. The fourth-order valence-corrected chi connectivity index (χ4v) is 3.07. The third kappa shape index (κ3) is 3.25. The Labute approximate surface area is 128 Å². The Balaban J connectivity index is 1.79. The molecule has 4 heteroatoms. The summed E-state index contributed by atoms with van der Waals surface area (Å²) in [5, 5.41) is 0.716. The van der Waals surface area contributed by atoms with E-state index >= 15 is 0 Å². The first-order chi connectivity index (χ1) is 10.1. The van der Waals surface area contributed by atoms with Crippen LogP contribution in [0.25, 0.3) is 0 Å². The summed E-state index contributed by atoms with van der Waals surface area (Å²) in [7, 11) is 0. The van der Waals surface area contributed by atoms with E-state index in [0.29, 0.717) is 17.1 Å². The second-order valence-electron chi connectivity index (χ2n) is 5.42. The molecule has 1 aliphatic heterocycles. The number of rotatable bonds is 3. The highest BCUT2D eigenvalue weighted by Gasteiger charge is 2.26. The predicted octanol–water partition coefficient (Wildman–Crippen LogP) is 4.96. The van der Waals surface area contributed by atoms with Gasteiger partial charge in [-0.3, -0.25) is 4.90 Å². The molecule has 1 saturated heterocycles. The van der Waals surface area contributed by atoms with Crippen LogP contribution in [0.2, 0.25) is 5.02 Å². The van der Waals surface area contributed by atoms with E-state index in [2.05, 4.69) is 4.90 Å². The topological polar surface area (TPSA) is 3.24 Å². The molecule has 2 aromatic carbocycles. The number of hydrogen-bond donors (Lipinski definition) is 0. The van der Waals surface area contributed by atoms with Gasteiger partial charge in [0.15, 0.2) is 0 Å². The first kappa shape index (κ1) is 14.5. The fourth-order valence-electron chi connectivity index (χ4n) is 2.95. The molecule has 1 fully saturated rings. The van der Waals surface area contributed by atoms with Crippen LogP contribution < -0.4 is 0 Å². The lowest BCUT2D eigenvalue weighted by Crippen LogP contribution is -2.23. The summed E-state index contributed by atoms with van der Waals surface area (Å²) in [5.74, 6) is -1.01. The van der Waals surface area contributed by atoms with Crippen LogP contribution in [0.1, 0.15) is 30.0 Å². The zero-order valence-corrected chi connectivity index (χ0v) is 12.3. The molecule has 0 bridgehead atoms. The van der Waals surface area contributed by atoms with E-state index < -0.39 is 11.6 Å². The first-order valence-corrected chi connectivity index (χ1v) is 7.45. The van der Waals surface area contributed by atoms with Gasteiger partial charge in [0.1, 0.15) is 11.6 Å². The molecule has 1 aliphatic rings. The van der Waals surface area contributed by atoms with Crippen molar-refractivity contribution in [1.82, 2.24) is 4.90 Å². The van der Waals surface area contributed by atoms with E-state index in [-0.39, 0.29) is 6.04 Å². The van der Waals surface area contributed by atoms with Crippen molar-refractivity contribution in [3.05, 3.63) is 70.2 Å². The van der Waals surface area contributed by atoms with Gasteiger partial charge in [0.25, 0.3) is 0 Å². The number of likely N-dealkylation sites (tertiary alicyclic amines) is 1. The SMILES string of the molecule is Fc1ccc(CN2CCCC2c2ccc(Cl)cc2)c(F)c1. The third-order valence-electron chi connectivity index (χ3n) is 4.01. The highest BCUT2D eigenvalue weighted by Crippen LogP contribution is 2.33. The van der Waals surface area contributed by atoms with E-state index in [0.717, 1.165) is 25.5 Å². The largest absolute Gasteiger partial charge is 0.292 e. The van der Waals surface area contributed by atoms with Gasteiger partial charge in [0.2, 0.25) is 0 Å². The maximum Gasteiger partial charge on any atom is 0.130 e. The minimum absolute atomic E-state index is 0.270. The van der Waals surface area contributed by atoms with Crippen molar-refractivity contribution < 1.29 is 8.78 Å². The molecule has 0 aliphatic carbocycles. The van der Waals surface area contributed by atoms with Crippen molar-refractivity contribution >= 4 is 11.6 Å². The molecule has 1 nitrogen and oxygen atoms in total. The van der Waals surface area contributed by atoms with E-state index in [4.69, 9.17) is 11.6 Å². The quantitative estimate of drug-likeness (QED) is 0.775. The smallest absolute Gasteiger partial charge is 0.130 e. The predicted molar refractivity (Wildman–Crippen MR) is 80.2 cm³/mol. The molecule has 0 saturated carbocycles. The molecular weight excluding hydrogens is 292 g/mol. The maximum atomic E-state index is 13.8. The number of hydrogen-bond acceptors (Lipinski definition) is 1. The van der Waals surface area contributed by atoms with Crippen LogP contribution in [-0.4, -0.2) is 11.4 Å². The van der Waals surface area contributed by atoms with Gasteiger partial charge >= 0.3 is 0 Å². The Hall–Kier alpha value is -1.45. The van der Waals surface area contributed by atoms with Gasteiger partial charge in [-0.1, -0.05) is 29.8 Å². The molecule has 110 valence electrons. The minimum Gasteiger partial charge on any atom is -0.292 e. The van der Waals surface area contributed by atoms with Crippen molar-refractivity contribution in [2.24, 2.45) is 0 Å². The van der Waals surface area contributed by atoms with Crippen LogP contribution in [0.15, 0.2) is 42.5 Å². The zero-order valence-electron chi connectivity index (χ0n) is 11.5. The molecule has 0 radical (unpaired) electrons. The van der Waals surface area contributed by atoms with Crippen molar-refractivity contribution in [3.63, 3.8) is 0 Å². The average Bonchev–Trinajstić information content (AvgIpc) is 2.91. The zero-order chi connectivity index (χ0) is 14.8. The summed E-state index contributed by atoms with van der Waals surface area (Å²) in [5.41, 5.74) is 1.73. The van der Waals surface area contributed by atoms with Gasteiger partial charge in [-0.05, 0) is 43.1 Å². The summed E-state index contributed by atoms with van der Waals surface area (Å²) in [6.45, 7) is 1.42. The summed E-state index contributed by atoms with van der Waals surface area (Å²) in [4.78, 5) is 2.24. The van der Waals surface area contributed by atoms with E-state index in [1.807, 2.05) is 24.3 Å². The number of benzene rings is 2.